The zero-order chi connectivity index (χ0) is 30.2. The fraction of sp³-hybridized carbons (Fsp3) is 0.0667. The fourth-order valence-corrected chi connectivity index (χ4v) is 6.86. The molecule has 0 spiro atoms. The van der Waals surface area contributed by atoms with Crippen LogP contribution in [-0.4, -0.2) is 19.5 Å². The number of amides is 1. The van der Waals surface area contributed by atoms with Crippen LogP contribution in [0.4, 0.5) is 11.4 Å². The van der Waals surface area contributed by atoms with Gasteiger partial charge in [-0.25, -0.2) is 4.99 Å². The van der Waals surface area contributed by atoms with Gasteiger partial charge in [-0.1, -0.05) is 53.0 Å². The van der Waals surface area contributed by atoms with Gasteiger partial charge in [0.1, 0.15) is 4.90 Å². The number of amidine groups is 1. The first-order valence-corrected chi connectivity index (χ1v) is 16.4. The minimum atomic E-state index is -4.09. The van der Waals surface area contributed by atoms with E-state index in [9.17, 15) is 13.2 Å². The molecule has 4 aromatic carbocycles. The summed E-state index contributed by atoms with van der Waals surface area (Å²) >= 11 is 23.2. The zero-order valence-electron chi connectivity index (χ0n) is 21.9. The lowest BCUT2D eigenvalue weighted by molar-refractivity contribution is -0.113. The monoisotopic (exact) mass is 720 g/mol. The van der Waals surface area contributed by atoms with Crippen molar-refractivity contribution in [2.75, 3.05) is 4.90 Å². The molecule has 0 bridgehead atoms. The number of nitrogens with zero attached hydrogens (tertiary/aromatic N) is 2. The first-order chi connectivity index (χ1) is 19.9. The molecule has 5 rings (SSSR count). The molecule has 1 aliphatic heterocycles. The van der Waals surface area contributed by atoms with Crippen LogP contribution in [0.25, 0.3) is 6.08 Å². The molecule has 0 saturated carbocycles. The van der Waals surface area contributed by atoms with Crippen molar-refractivity contribution in [2.24, 2.45) is 4.99 Å². The average molecular weight is 723 g/mol. The van der Waals surface area contributed by atoms with Gasteiger partial charge in [-0.15, -0.1) is 0 Å². The third-order valence-corrected chi connectivity index (χ3v) is 10.1. The molecule has 0 radical (unpaired) electrons. The number of hydrogen-bond donors (Lipinski definition) is 0. The fourth-order valence-electron chi connectivity index (χ4n) is 3.85. The third-order valence-electron chi connectivity index (χ3n) is 6.16. The topological polar surface area (TPSA) is 76.0 Å². The molecule has 214 valence electrons. The molecule has 1 fully saturated rings. The highest BCUT2D eigenvalue weighted by Gasteiger charge is 2.35. The van der Waals surface area contributed by atoms with Gasteiger partial charge in [-0.3, -0.25) is 9.69 Å². The Morgan fingerprint density at radius 3 is 2.19 bits per heavy atom. The Balaban J connectivity index is 1.48. The standard InChI is InChI=1S/C30H20BrCl3N2O4S2/c1-17-3-8-21(15-25(17)33)35-30-36(22-9-4-18(2)26(34)16-22)29(37)28(41-30)14-19-5-12-27(24(31)13-19)40-42(38,39)23-10-6-20(32)7-11-23/h3-16H,1-2H3/b28-14+,35-30?. The number of rotatable bonds is 6. The van der Waals surface area contributed by atoms with E-state index in [1.54, 1.807) is 30.3 Å². The van der Waals surface area contributed by atoms with Crippen molar-refractivity contribution in [1.29, 1.82) is 0 Å². The number of hydrogen-bond acceptors (Lipinski definition) is 6. The Morgan fingerprint density at radius 1 is 0.881 bits per heavy atom. The van der Waals surface area contributed by atoms with E-state index in [2.05, 4.69) is 15.9 Å². The van der Waals surface area contributed by atoms with Crippen LogP contribution in [0.1, 0.15) is 16.7 Å². The minimum absolute atomic E-state index is 0.0315. The number of thioether (sulfide) groups is 1. The second-order valence-corrected chi connectivity index (χ2v) is 13.9. The molecule has 0 aliphatic carbocycles. The van der Waals surface area contributed by atoms with E-state index in [-0.39, 0.29) is 16.6 Å². The van der Waals surface area contributed by atoms with Gasteiger partial charge in [0.2, 0.25) is 0 Å². The van der Waals surface area contributed by atoms with Crippen LogP contribution in [0, 0.1) is 13.8 Å². The van der Waals surface area contributed by atoms with Gasteiger partial charge >= 0.3 is 10.1 Å². The average Bonchev–Trinajstić information content (AvgIpc) is 3.23. The van der Waals surface area contributed by atoms with E-state index in [4.69, 9.17) is 44.0 Å². The Bertz CT molecular complexity index is 1900. The van der Waals surface area contributed by atoms with Gasteiger partial charge in [0.15, 0.2) is 10.9 Å². The Kier molecular flexibility index (Phi) is 9.08. The van der Waals surface area contributed by atoms with Crippen molar-refractivity contribution in [3.8, 4) is 5.75 Å². The molecule has 1 heterocycles. The van der Waals surface area contributed by atoms with Crippen LogP contribution in [-0.2, 0) is 14.9 Å². The van der Waals surface area contributed by atoms with E-state index in [0.29, 0.717) is 46.6 Å². The second kappa shape index (κ2) is 12.4. The van der Waals surface area contributed by atoms with Crippen LogP contribution in [0.3, 0.4) is 0 Å². The van der Waals surface area contributed by atoms with Gasteiger partial charge in [-0.05, 0) is 125 Å². The maximum Gasteiger partial charge on any atom is 0.339 e. The predicted octanol–water partition coefficient (Wildman–Crippen LogP) is 9.60. The van der Waals surface area contributed by atoms with E-state index in [0.717, 1.165) is 11.1 Å². The summed E-state index contributed by atoms with van der Waals surface area (Å²) in [5.74, 6) is -0.203. The van der Waals surface area contributed by atoms with Crippen molar-refractivity contribution >= 4 is 101 Å². The highest BCUT2D eigenvalue weighted by atomic mass is 79.9. The van der Waals surface area contributed by atoms with E-state index < -0.39 is 10.1 Å². The molecule has 0 atom stereocenters. The highest BCUT2D eigenvalue weighted by molar-refractivity contribution is 9.10. The van der Waals surface area contributed by atoms with Crippen LogP contribution in [0.5, 0.6) is 5.75 Å². The SMILES string of the molecule is Cc1ccc(N=C2S/C(=C/c3ccc(OS(=O)(=O)c4ccc(Cl)cc4)c(Br)c3)C(=O)N2c2ccc(C)c(Cl)c2)cc1Cl. The van der Waals surface area contributed by atoms with E-state index >= 15 is 0 Å². The van der Waals surface area contributed by atoms with Crippen LogP contribution in [0.2, 0.25) is 15.1 Å². The molecule has 1 saturated heterocycles. The van der Waals surface area contributed by atoms with E-state index in [1.165, 1.54) is 47.0 Å². The largest absolute Gasteiger partial charge is 0.378 e. The molecule has 1 amide bonds. The first-order valence-electron chi connectivity index (χ1n) is 12.3. The summed E-state index contributed by atoms with van der Waals surface area (Å²) in [6.45, 7) is 3.78. The summed E-state index contributed by atoms with van der Waals surface area (Å²) in [5.41, 5.74) is 3.59. The van der Waals surface area contributed by atoms with Gasteiger partial charge in [0, 0.05) is 15.1 Å². The summed E-state index contributed by atoms with van der Waals surface area (Å²) in [6, 6.07) is 21.3. The third kappa shape index (κ3) is 6.72. The summed E-state index contributed by atoms with van der Waals surface area (Å²) < 4.78 is 31.2. The van der Waals surface area contributed by atoms with Crippen molar-refractivity contribution in [3.63, 3.8) is 0 Å². The predicted molar refractivity (Wildman–Crippen MR) is 176 cm³/mol. The van der Waals surface area contributed by atoms with Crippen molar-refractivity contribution in [1.82, 2.24) is 0 Å². The van der Waals surface area contributed by atoms with Crippen molar-refractivity contribution < 1.29 is 17.4 Å². The lowest BCUT2D eigenvalue weighted by atomic mass is 10.2. The lowest BCUT2D eigenvalue weighted by Crippen LogP contribution is -2.28. The summed E-state index contributed by atoms with van der Waals surface area (Å²) in [4.78, 5) is 20.3. The molecule has 12 heteroatoms. The smallest absolute Gasteiger partial charge is 0.339 e. The molecular weight excluding hydrogens is 703 g/mol. The Hall–Kier alpha value is -2.79. The van der Waals surface area contributed by atoms with Gasteiger partial charge in [-0.2, -0.15) is 8.42 Å². The molecular formula is C30H20BrCl3N2O4S2. The normalized spacial score (nSPS) is 15.6. The van der Waals surface area contributed by atoms with Gasteiger partial charge < -0.3 is 4.18 Å². The number of benzene rings is 4. The molecule has 0 unspecified atom stereocenters. The Morgan fingerprint density at radius 2 is 1.55 bits per heavy atom. The van der Waals surface area contributed by atoms with E-state index in [1.807, 2.05) is 38.1 Å². The second-order valence-electron chi connectivity index (χ2n) is 9.19. The molecule has 0 aromatic heterocycles. The number of aryl methyl sites for hydroxylation is 2. The zero-order valence-corrected chi connectivity index (χ0v) is 27.4. The van der Waals surface area contributed by atoms with Crippen LogP contribution < -0.4 is 9.08 Å². The quantitative estimate of drug-likeness (QED) is 0.146. The minimum Gasteiger partial charge on any atom is -0.378 e. The maximum atomic E-state index is 13.7. The first kappa shape index (κ1) is 30.7. The number of aliphatic imine (C=N–C) groups is 1. The van der Waals surface area contributed by atoms with Gasteiger partial charge in [0.05, 0.1) is 20.8 Å². The lowest BCUT2D eigenvalue weighted by Gasteiger charge is -2.16. The molecule has 0 N–H and O–H groups in total. The van der Waals surface area contributed by atoms with Crippen LogP contribution in [0.15, 0.2) is 98.1 Å². The summed E-state index contributed by atoms with van der Waals surface area (Å²) in [5, 5.41) is 1.93. The molecule has 42 heavy (non-hydrogen) atoms. The molecule has 6 nitrogen and oxygen atoms in total. The highest BCUT2D eigenvalue weighted by Crippen LogP contribution is 2.39. The Labute approximate surface area is 271 Å². The van der Waals surface area contributed by atoms with Crippen molar-refractivity contribution in [2.45, 2.75) is 18.7 Å². The van der Waals surface area contributed by atoms with Crippen LogP contribution >= 0.6 is 62.5 Å². The number of halogens is 4. The summed E-state index contributed by atoms with van der Waals surface area (Å²) in [6.07, 6.45) is 1.70. The molecule has 4 aromatic rings. The summed E-state index contributed by atoms with van der Waals surface area (Å²) in [7, 11) is -4.09. The number of anilines is 1. The van der Waals surface area contributed by atoms with Gasteiger partial charge in [0.25, 0.3) is 5.91 Å². The number of carbonyl (C=O) groups is 1. The maximum absolute atomic E-state index is 13.7. The molecule has 1 aliphatic rings. The number of carbonyl (C=O) groups excluding carboxylic acids is 1. The van der Waals surface area contributed by atoms with Crippen molar-refractivity contribution in [3.05, 3.63) is 120 Å².